The Bertz CT molecular complexity index is 1280. The SMILES string of the molecule is COC(=O)c1cc(C=O)cc(N2CCN(C(=O)OCC3c4ccccc4-c4ccccc43)CC2)c1C. The van der Waals surface area contributed by atoms with Gasteiger partial charge >= 0.3 is 12.1 Å². The minimum atomic E-state index is -0.477. The summed E-state index contributed by atoms with van der Waals surface area (Å²) in [5.74, 6) is -0.456. The Balaban J connectivity index is 1.25. The lowest BCUT2D eigenvalue weighted by Crippen LogP contribution is -2.49. The monoisotopic (exact) mass is 484 g/mol. The molecule has 1 fully saturated rings. The normalized spacial score (nSPS) is 14.7. The number of carbonyl (C=O) groups excluding carboxylic acids is 3. The maximum absolute atomic E-state index is 12.9. The lowest BCUT2D eigenvalue weighted by molar-refractivity contribution is 0.0600. The van der Waals surface area contributed by atoms with E-state index in [1.807, 2.05) is 31.2 Å². The van der Waals surface area contributed by atoms with Crippen LogP contribution in [0.4, 0.5) is 10.5 Å². The number of benzene rings is 3. The van der Waals surface area contributed by atoms with E-state index in [0.29, 0.717) is 37.3 Å². The fourth-order valence-corrected chi connectivity index (χ4v) is 5.25. The van der Waals surface area contributed by atoms with E-state index < -0.39 is 5.97 Å². The number of fused-ring (bicyclic) bond motifs is 3. The summed E-state index contributed by atoms with van der Waals surface area (Å²) in [6, 6.07) is 19.9. The molecule has 1 aliphatic heterocycles. The van der Waals surface area contributed by atoms with Gasteiger partial charge in [-0.1, -0.05) is 48.5 Å². The van der Waals surface area contributed by atoms with Gasteiger partial charge in [-0.05, 0) is 46.9 Å². The zero-order valence-electron chi connectivity index (χ0n) is 20.4. The number of hydrogen-bond acceptors (Lipinski definition) is 6. The van der Waals surface area contributed by atoms with Crippen LogP contribution in [-0.2, 0) is 9.47 Å². The fraction of sp³-hybridized carbons (Fsp3) is 0.276. The molecule has 1 heterocycles. The van der Waals surface area contributed by atoms with Gasteiger partial charge in [0.15, 0.2) is 0 Å². The second-order valence-corrected chi connectivity index (χ2v) is 9.10. The van der Waals surface area contributed by atoms with Gasteiger partial charge < -0.3 is 19.3 Å². The third-order valence-corrected chi connectivity index (χ3v) is 7.16. The quantitative estimate of drug-likeness (QED) is 0.387. The zero-order chi connectivity index (χ0) is 25.2. The number of amides is 1. The van der Waals surface area contributed by atoms with E-state index in [1.165, 1.54) is 29.4 Å². The Morgan fingerprint density at radius 2 is 1.56 bits per heavy atom. The van der Waals surface area contributed by atoms with Crippen LogP contribution >= 0.6 is 0 Å². The minimum absolute atomic E-state index is 0.0214. The molecule has 1 aliphatic carbocycles. The van der Waals surface area contributed by atoms with Gasteiger partial charge in [-0.25, -0.2) is 9.59 Å². The summed E-state index contributed by atoms with van der Waals surface area (Å²) in [6.07, 6.45) is 0.396. The Labute approximate surface area is 210 Å². The predicted octanol–water partition coefficient (Wildman–Crippen LogP) is 4.67. The lowest BCUT2D eigenvalue weighted by atomic mass is 9.98. The summed E-state index contributed by atoms with van der Waals surface area (Å²) in [6.45, 7) is 4.22. The van der Waals surface area contributed by atoms with Crippen LogP contribution in [0.2, 0.25) is 0 Å². The van der Waals surface area contributed by atoms with Crippen LogP contribution in [0.3, 0.4) is 0 Å². The van der Waals surface area contributed by atoms with Gasteiger partial charge in [0.05, 0.1) is 12.7 Å². The van der Waals surface area contributed by atoms with Crippen LogP contribution in [-0.4, -0.2) is 63.1 Å². The summed E-state index contributed by atoms with van der Waals surface area (Å²) >= 11 is 0. The number of hydrogen-bond donors (Lipinski definition) is 0. The molecule has 7 heteroatoms. The number of piperazine rings is 1. The van der Waals surface area contributed by atoms with Crippen molar-refractivity contribution in [1.29, 1.82) is 0 Å². The van der Waals surface area contributed by atoms with Crippen molar-refractivity contribution in [3.8, 4) is 11.1 Å². The van der Waals surface area contributed by atoms with Gasteiger partial charge in [0.1, 0.15) is 12.9 Å². The average molecular weight is 485 g/mol. The molecule has 3 aromatic carbocycles. The van der Waals surface area contributed by atoms with Crippen LogP contribution in [0, 0.1) is 6.92 Å². The van der Waals surface area contributed by atoms with E-state index in [9.17, 15) is 14.4 Å². The van der Waals surface area contributed by atoms with Gasteiger partial charge in [0.2, 0.25) is 0 Å². The molecule has 0 spiro atoms. The smallest absolute Gasteiger partial charge is 0.409 e. The largest absolute Gasteiger partial charge is 0.465 e. The molecule has 184 valence electrons. The van der Waals surface area contributed by atoms with Crippen LogP contribution in [0.25, 0.3) is 11.1 Å². The third-order valence-electron chi connectivity index (χ3n) is 7.16. The number of methoxy groups -OCH3 is 1. The molecular formula is C29H28N2O5. The second-order valence-electron chi connectivity index (χ2n) is 9.10. The summed E-state index contributed by atoms with van der Waals surface area (Å²) in [4.78, 5) is 40.4. The van der Waals surface area contributed by atoms with E-state index in [0.717, 1.165) is 17.5 Å². The zero-order valence-corrected chi connectivity index (χ0v) is 20.4. The molecule has 7 nitrogen and oxygen atoms in total. The van der Waals surface area contributed by atoms with Crippen molar-refractivity contribution in [2.75, 3.05) is 44.8 Å². The lowest BCUT2D eigenvalue weighted by Gasteiger charge is -2.36. The summed E-state index contributed by atoms with van der Waals surface area (Å²) in [5.41, 5.74) is 7.09. The number of esters is 1. The second kappa shape index (κ2) is 9.85. The highest BCUT2D eigenvalue weighted by atomic mass is 16.6. The standard InChI is InChI=1S/C29H28N2O5/c1-19-25(28(33)35-2)15-20(17-32)16-27(19)30-11-13-31(14-12-30)29(34)36-18-26-23-9-5-3-7-21(23)22-8-4-6-10-24(22)26/h3-10,15-17,26H,11-14,18H2,1-2H3. The average Bonchev–Trinajstić information content (AvgIpc) is 3.25. The highest BCUT2D eigenvalue weighted by molar-refractivity contribution is 5.95. The number of rotatable bonds is 5. The molecule has 0 saturated carbocycles. The van der Waals surface area contributed by atoms with Crippen molar-refractivity contribution in [1.82, 2.24) is 4.90 Å². The first-order valence-electron chi connectivity index (χ1n) is 12.0. The fourth-order valence-electron chi connectivity index (χ4n) is 5.25. The van der Waals surface area contributed by atoms with Crippen LogP contribution in [0.15, 0.2) is 60.7 Å². The Hall–Kier alpha value is -4.13. The van der Waals surface area contributed by atoms with Crippen LogP contribution in [0.1, 0.15) is 43.3 Å². The minimum Gasteiger partial charge on any atom is -0.465 e. The number of nitrogens with zero attached hydrogens (tertiary/aromatic N) is 2. The maximum Gasteiger partial charge on any atom is 0.409 e. The number of anilines is 1. The van der Waals surface area contributed by atoms with Crippen molar-refractivity contribution in [3.63, 3.8) is 0 Å². The Morgan fingerprint density at radius 1 is 0.944 bits per heavy atom. The van der Waals surface area contributed by atoms with Crippen molar-refractivity contribution in [2.45, 2.75) is 12.8 Å². The van der Waals surface area contributed by atoms with Gasteiger partial charge in [0, 0.05) is 43.3 Å². The molecule has 3 aromatic rings. The number of ether oxygens (including phenoxy) is 2. The summed E-state index contributed by atoms with van der Waals surface area (Å²) < 4.78 is 10.7. The van der Waals surface area contributed by atoms with Crippen LogP contribution in [0.5, 0.6) is 0 Å². The van der Waals surface area contributed by atoms with Gasteiger partial charge in [0.25, 0.3) is 0 Å². The van der Waals surface area contributed by atoms with Crippen molar-refractivity contribution >= 4 is 24.0 Å². The Kier molecular flexibility index (Phi) is 6.46. The predicted molar refractivity (Wildman–Crippen MR) is 137 cm³/mol. The van der Waals surface area contributed by atoms with Crippen molar-refractivity contribution in [3.05, 3.63) is 88.5 Å². The number of aldehydes is 1. The van der Waals surface area contributed by atoms with Gasteiger partial charge in [-0.15, -0.1) is 0 Å². The number of carbonyl (C=O) groups is 3. The maximum atomic E-state index is 12.9. The van der Waals surface area contributed by atoms with E-state index in [4.69, 9.17) is 9.47 Å². The first-order valence-corrected chi connectivity index (χ1v) is 12.0. The molecule has 0 N–H and O–H groups in total. The van der Waals surface area contributed by atoms with E-state index in [-0.39, 0.29) is 18.6 Å². The van der Waals surface area contributed by atoms with Gasteiger partial charge in [-0.3, -0.25) is 4.79 Å². The molecule has 5 rings (SSSR count). The van der Waals surface area contributed by atoms with E-state index >= 15 is 0 Å². The van der Waals surface area contributed by atoms with E-state index in [2.05, 4.69) is 29.2 Å². The van der Waals surface area contributed by atoms with Crippen molar-refractivity contribution < 1.29 is 23.9 Å². The van der Waals surface area contributed by atoms with Crippen LogP contribution < -0.4 is 4.90 Å². The molecule has 0 bridgehead atoms. The molecule has 0 radical (unpaired) electrons. The molecular weight excluding hydrogens is 456 g/mol. The Morgan fingerprint density at radius 3 is 2.14 bits per heavy atom. The molecule has 2 aliphatic rings. The molecule has 0 unspecified atom stereocenters. The van der Waals surface area contributed by atoms with Crippen molar-refractivity contribution in [2.24, 2.45) is 0 Å². The highest BCUT2D eigenvalue weighted by Crippen LogP contribution is 2.44. The first-order chi connectivity index (χ1) is 17.5. The third kappa shape index (κ3) is 4.21. The molecule has 1 saturated heterocycles. The first kappa shape index (κ1) is 23.6. The van der Waals surface area contributed by atoms with Gasteiger partial charge in [-0.2, -0.15) is 0 Å². The molecule has 0 aromatic heterocycles. The molecule has 0 atom stereocenters. The summed E-state index contributed by atoms with van der Waals surface area (Å²) in [5, 5.41) is 0. The highest BCUT2D eigenvalue weighted by Gasteiger charge is 2.31. The summed E-state index contributed by atoms with van der Waals surface area (Å²) in [7, 11) is 1.32. The topological polar surface area (TPSA) is 76.2 Å². The van der Waals surface area contributed by atoms with E-state index in [1.54, 1.807) is 17.0 Å². The molecule has 1 amide bonds. The molecule has 36 heavy (non-hydrogen) atoms.